The maximum Gasteiger partial charge on any atom is 0.241 e. The van der Waals surface area contributed by atoms with Crippen LogP contribution < -0.4 is 9.64 Å². The monoisotopic (exact) mass is 365 g/mol. The van der Waals surface area contributed by atoms with Gasteiger partial charge in [0, 0.05) is 37.3 Å². The van der Waals surface area contributed by atoms with Crippen molar-refractivity contribution in [3.63, 3.8) is 0 Å². The molecule has 2 aromatic heterocycles. The number of carbonyl (C=O) groups is 1. The largest absolute Gasteiger partial charge is 0.491 e. The summed E-state index contributed by atoms with van der Waals surface area (Å²) < 4.78 is 5.82. The Morgan fingerprint density at radius 1 is 1.19 bits per heavy atom. The van der Waals surface area contributed by atoms with Gasteiger partial charge in [0.1, 0.15) is 17.3 Å². The minimum atomic E-state index is 0.106. The summed E-state index contributed by atoms with van der Waals surface area (Å²) in [6.07, 6.45) is 1.88. The van der Waals surface area contributed by atoms with Gasteiger partial charge in [0.25, 0.3) is 0 Å². The van der Waals surface area contributed by atoms with E-state index >= 15 is 0 Å². The highest BCUT2D eigenvalue weighted by atomic mass is 16.5. The normalized spacial score (nSPS) is 15.0. The maximum atomic E-state index is 12.0. The molecule has 4 rings (SSSR count). The second kappa shape index (κ2) is 6.90. The summed E-state index contributed by atoms with van der Waals surface area (Å²) in [5.74, 6) is 1.72. The lowest BCUT2D eigenvalue weighted by atomic mass is 10.1. The van der Waals surface area contributed by atoms with Crippen LogP contribution >= 0.6 is 0 Å². The van der Waals surface area contributed by atoms with Crippen LogP contribution in [0.15, 0.2) is 36.5 Å². The number of fused-ring (bicyclic) bond motifs is 1. The number of nitrogens with zero attached hydrogens (tertiary/aromatic N) is 4. The van der Waals surface area contributed by atoms with E-state index in [9.17, 15) is 4.79 Å². The Bertz CT molecular complexity index is 981. The first kappa shape index (κ1) is 17.3. The zero-order valence-electron chi connectivity index (χ0n) is 15.8. The van der Waals surface area contributed by atoms with Crippen LogP contribution in [-0.2, 0) is 4.79 Å². The molecule has 1 aromatic carbocycles. The number of aromatic nitrogens is 3. The molecule has 140 valence electrons. The van der Waals surface area contributed by atoms with Gasteiger partial charge in [-0.05, 0) is 44.2 Å². The van der Waals surface area contributed by atoms with E-state index in [1.165, 1.54) is 0 Å². The Kier molecular flexibility index (Phi) is 4.43. The number of anilines is 1. The van der Waals surface area contributed by atoms with Crippen LogP contribution in [-0.4, -0.2) is 58.8 Å². The van der Waals surface area contributed by atoms with E-state index in [4.69, 9.17) is 4.74 Å². The first-order chi connectivity index (χ1) is 13.0. The Morgan fingerprint density at radius 2 is 2.04 bits per heavy atom. The molecule has 0 atom stereocenters. The topological polar surface area (TPSA) is 74.3 Å². The third-order valence-corrected chi connectivity index (χ3v) is 4.71. The summed E-state index contributed by atoms with van der Waals surface area (Å²) in [5, 5.41) is 8.58. The van der Waals surface area contributed by atoms with Crippen molar-refractivity contribution in [3.05, 3.63) is 36.5 Å². The molecule has 0 spiro atoms. The fourth-order valence-corrected chi connectivity index (χ4v) is 3.25. The molecule has 0 aliphatic carbocycles. The lowest BCUT2D eigenvalue weighted by molar-refractivity contribution is -0.129. The molecule has 1 amide bonds. The van der Waals surface area contributed by atoms with Gasteiger partial charge in [0.05, 0.1) is 18.2 Å². The van der Waals surface area contributed by atoms with E-state index in [2.05, 4.69) is 15.2 Å². The average Bonchev–Trinajstić information content (AvgIpc) is 3.07. The molecule has 7 nitrogen and oxygen atoms in total. The fourth-order valence-electron chi connectivity index (χ4n) is 3.25. The summed E-state index contributed by atoms with van der Waals surface area (Å²) in [6.45, 7) is 5.83. The van der Waals surface area contributed by atoms with E-state index in [0.717, 1.165) is 40.3 Å². The predicted octanol–water partition coefficient (Wildman–Crippen LogP) is 2.69. The molecule has 3 heterocycles. The van der Waals surface area contributed by atoms with Crippen LogP contribution in [0, 0.1) is 0 Å². The first-order valence-corrected chi connectivity index (χ1v) is 9.11. The van der Waals surface area contributed by atoms with Crippen molar-refractivity contribution >= 4 is 22.6 Å². The van der Waals surface area contributed by atoms with Crippen LogP contribution in [0.25, 0.3) is 22.2 Å². The lowest BCUT2D eigenvalue weighted by Crippen LogP contribution is -2.48. The second-order valence-corrected chi connectivity index (χ2v) is 7.09. The van der Waals surface area contributed by atoms with Gasteiger partial charge in [-0.3, -0.25) is 9.89 Å². The number of hydrogen-bond acceptors (Lipinski definition) is 5. The molecular formula is C20H23N5O2. The molecule has 27 heavy (non-hydrogen) atoms. The van der Waals surface area contributed by atoms with Crippen molar-refractivity contribution in [2.75, 3.05) is 31.6 Å². The van der Waals surface area contributed by atoms with E-state index in [1.54, 1.807) is 11.1 Å². The van der Waals surface area contributed by atoms with E-state index in [-0.39, 0.29) is 12.0 Å². The molecule has 3 aromatic rings. The molecule has 1 N–H and O–H groups in total. The summed E-state index contributed by atoms with van der Waals surface area (Å²) in [6, 6.07) is 9.85. The van der Waals surface area contributed by atoms with Gasteiger partial charge >= 0.3 is 0 Å². The molecule has 0 radical (unpaired) electrons. The smallest absolute Gasteiger partial charge is 0.241 e. The SMILES string of the molecule is CC(C)Oc1ccc2[nH]nc(-c3ccnc(N4CCN(C)C(=O)C4)c3)c2c1. The van der Waals surface area contributed by atoms with Crippen molar-refractivity contribution in [2.45, 2.75) is 20.0 Å². The van der Waals surface area contributed by atoms with Crippen LogP contribution in [0.2, 0.25) is 0 Å². The number of aromatic amines is 1. The number of rotatable bonds is 4. The third kappa shape index (κ3) is 3.45. The molecule has 0 unspecified atom stereocenters. The number of pyridine rings is 1. The zero-order valence-corrected chi connectivity index (χ0v) is 15.8. The summed E-state index contributed by atoms with van der Waals surface area (Å²) in [4.78, 5) is 20.2. The molecule has 7 heteroatoms. The van der Waals surface area contributed by atoms with Gasteiger partial charge in [-0.2, -0.15) is 5.10 Å². The third-order valence-electron chi connectivity index (χ3n) is 4.71. The molecule has 1 aliphatic rings. The number of likely N-dealkylation sites (N-methyl/N-ethyl adjacent to an activating group) is 1. The van der Waals surface area contributed by atoms with Crippen LogP contribution in [0.3, 0.4) is 0 Å². The summed E-state index contributed by atoms with van der Waals surface area (Å²) >= 11 is 0. The molecule has 1 aliphatic heterocycles. The van der Waals surface area contributed by atoms with Crippen LogP contribution in [0.4, 0.5) is 5.82 Å². The van der Waals surface area contributed by atoms with Gasteiger partial charge in [-0.1, -0.05) is 0 Å². The van der Waals surface area contributed by atoms with E-state index in [0.29, 0.717) is 13.1 Å². The average molecular weight is 365 g/mol. The lowest BCUT2D eigenvalue weighted by Gasteiger charge is -2.32. The number of ether oxygens (including phenoxy) is 1. The Hall–Kier alpha value is -3.09. The quantitative estimate of drug-likeness (QED) is 0.769. The number of hydrogen-bond donors (Lipinski definition) is 1. The number of benzene rings is 1. The zero-order chi connectivity index (χ0) is 19.0. The van der Waals surface area contributed by atoms with Crippen LogP contribution in [0.5, 0.6) is 5.75 Å². The molecule has 0 bridgehead atoms. The Morgan fingerprint density at radius 3 is 2.81 bits per heavy atom. The number of nitrogens with one attached hydrogen (secondary N) is 1. The second-order valence-electron chi connectivity index (χ2n) is 7.09. The van der Waals surface area contributed by atoms with Crippen molar-refractivity contribution in [1.29, 1.82) is 0 Å². The van der Waals surface area contributed by atoms with Crippen molar-refractivity contribution < 1.29 is 9.53 Å². The molecule has 0 saturated carbocycles. The number of piperazine rings is 1. The van der Waals surface area contributed by atoms with Crippen LogP contribution in [0.1, 0.15) is 13.8 Å². The number of H-pyrrole nitrogens is 1. The van der Waals surface area contributed by atoms with Crippen molar-refractivity contribution in [3.8, 4) is 17.0 Å². The van der Waals surface area contributed by atoms with E-state index in [1.807, 2.05) is 56.1 Å². The molecule has 1 fully saturated rings. The highest BCUT2D eigenvalue weighted by molar-refractivity contribution is 5.94. The maximum absolute atomic E-state index is 12.0. The fraction of sp³-hybridized carbons (Fsp3) is 0.350. The number of amides is 1. The van der Waals surface area contributed by atoms with Crippen molar-refractivity contribution in [2.24, 2.45) is 0 Å². The Balaban J connectivity index is 1.68. The molecular weight excluding hydrogens is 342 g/mol. The number of carbonyl (C=O) groups excluding carboxylic acids is 1. The minimum Gasteiger partial charge on any atom is -0.491 e. The highest BCUT2D eigenvalue weighted by Gasteiger charge is 2.22. The standard InChI is InChI=1S/C20H23N5O2/c1-13(2)27-15-4-5-17-16(11-15)20(23-22-17)14-6-7-21-18(10-14)25-9-8-24(3)19(26)12-25/h4-7,10-11,13H,8-9,12H2,1-3H3,(H,22,23). The van der Waals surface area contributed by atoms with Gasteiger partial charge < -0.3 is 14.5 Å². The summed E-state index contributed by atoms with van der Waals surface area (Å²) in [5.41, 5.74) is 2.76. The van der Waals surface area contributed by atoms with Gasteiger partial charge in [0.2, 0.25) is 5.91 Å². The van der Waals surface area contributed by atoms with E-state index < -0.39 is 0 Å². The molecule has 1 saturated heterocycles. The summed E-state index contributed by atoms with van der Waals surface area (Å²) in [7, 11) is 1.83. The van der Waals surface area contributed by atoms with Gasteiger partial charge in [-0.15, -0.1) is 0 Å². The minimum absolute atomic E-state index is 0.106. The highest BCUT2D eigenvalue weighted by Crippen LogP contribution is 2.31. The first-order valence-electron chi connectivity index (χ1n) is 9.11. The van der Waals surface area contributed by atoms with Gasteiger partial charge in [-0.25, -0.2) is 4.98 Å². The van der Waals surface area contributed by atoms with Crippen molar-refractivity contribution in [1.82, 2.24) is 20.1 Å². The predicted molar refractivity (Wildman–Crippen MR) is 105 cm³/mol. The van der Waals surface area contributed by atoms with Gasteiger partial charge in [0.15, 0.2) is 0 Å². The Labute approximate surface area is 157 Å².